The molecule has 0 aliphatic rings. The van der Waals surface area contributed by atoms with Crippen LogP contribution in [0.3, 0.4) is 0 Å². The Labute approximate surface area is 195 Å². The topological polar surface area (TPSA) is 0 Å². The maximum atomic E-state index is 3.78. The van der Waals surface area contributed by atoms with Gasteiger partial charge in [0, 0.05) is 0 Å². The summed E-state index contributed by atoms with van der Waals surface area (Å²) in [4.78, 5) is 0. The van der Waals surface area contributed by atoms with Crippen LogP contribution in [0.1, 0.15) is 20.8 Å². The third kappa shape index (κ3) is 5.15. The average Bonchev–Trinajstić information content (AvgIpc) is 2.72. The summed E-state index contributed by atoms with van der Waals surface area (Å²) < 4.78 is 0. The molecule has 0 aliphatic carbocycles. The second-order valence-electron chi connectivity index (χ2n) is 9.15. The van der Waals surface area contributed by atoms with Crippen LogP contribution in [0.15, 0.2) is 91.0 Å². The Morgan fingerprint density at radius 1 is 0.667 bits per heavy atom. The van der Waals surface area contributed by atoms with E-state index in [9.17, 15) is 0 Å². The lowest BCUT2D eigenvalue weighted by Crippen LogP contribution is -3.00. The molecule has 0 saturated heterocycles. The van der Waals surface area contributed by atoms with Gasteiger partial charge in [0.05, 0.1) is 0 Å². The zero-order chi connectivity index (χ0) is 21.0. The summed E-state index contributed by atoms with van der Waals surface area (Å²) in [5.41, 5.74) is 3.78. The van der Waals surface area contributed by atoms with E-state index in [1.54, 1.807) is 0 Å². The van der Waals surface area contributed by atoms with Crippen molar-refractivity contribution >= 4 is 31.2 Å². The van der Waals surface area contributed by atoms with Gasteiger partial charge in [0.2, 0.25) is 0 Å². The zero-order valence-electron chi connectivity index (χ0n) is 18.7. The highest BCUT2D eigenvalue weighted by molar-refractivity contribution is 7.95. The molecule has 30 heavy (non-hydrogen) atoms. The first kappa shape index (κ1) is 24.6. The summed E-state index contributed by atoms with van der Waals surface area (Å²) in [7, 11) is -3.49. The van der Waals surface area contributed by atoms with Crippen molar-refractivity contribution in [2.45, 2.75) is 38.9 Å². The molecule has 0 bridgehead atoms. The van der Waals surface area contributed by atoms with Crippen molar-refractivity contribution in [3.63, 3.8) is 0 Å². The molecule has 3 aromatic rings. The van der Waals surface area contributed by atoms with Crippen LogP contribution >= 0.6 is 7.26 Å². The first-order valence-electron chi connectivity index (χ1n) is 10.3. The summed E-state index contributed by atoms with van der Waals surface area (Å²) >= 11 is 0. The fourth-order valence-corrected chi connectivity index (χ4v) is 8.19. The van der Waals surface area contributed by atoms with Gasteiger partial charge in [-0.3, -0.25) is 0 Å². The van der Waals surface area contributed by atoms with Crippen LogP contribution in [0.25, 0.3) is 0 Å². The van der Waals surface area contributed by atoms with Gasteiger partial charge in [-0.1, -0.05) is 94.4 Å². The van der Waals surface area contributed by atoms with Crippen LogP contribution in [-0.4, -0.2) is 14.2 Å². The van der Waals surface area contributed by atoms with Crippen molar-refractivity contribution in [2.75, 3.05) is 6.16 Å². The predicted molar refractivity (Wildman–Crippen MR) is 135 cm³/mol. The maximum absolute atomic E-state index is 3.78. The molecule has 0 saturated carbocycles. The van der Waals surface area contributed by atoms with Gasteiger partial charge in [-0.2, -0.15) is 0 Å². The Hall–Kier alpha value is -1.65. The number of hydrogen-bond acceptors (Lipinski definition) is 0. The monoisotopic (exact) mass is 494 g/mol. The van der Waals surface area contributed by atoms with E-state index >= 15 is 0 Å². The van der Waals surface area contributed by atoms with Crippen molar-refractivity contribution in [1.29, 1.82) is 0 Å². The molecule has 0 N–H and O–H groups in total. The smallest absolute Gasteiger partial charge is 0.137 e. The van der Waals surface area contributed by atoms with Crippen molar-refractivity contribution in [3.05, 3.63) is 91.0 Å². The quantitative estimate of drug-likeness (QED) is 0.297. The van der Waals surface area contributed by atoms with Crippen LogP contribution in [0.4, 0.5) is 0 Å². The molecule has 3 heteroatoms. The van der Waals surface area contributed by atoms with E-state index in [4.69, 9.17) is 0 Å². The molecule has 0 amide bonds. The average molecular weight is 496 g/mol. The summed E-state index contributed by atoms with van der Waals surface area (Å²) in [5.74, 6) is 3.73. The Morgan fingerprint density at radius 2 is 1.00 bits per heavy atom. The molecule has 0 aliphatic heterocycles. The van der Waals surface area contributed by atoms with E-state index in [2.05, 4.69) is 136 Å². The standard InChI is InChI=1S/C27H32PSi.BrH/c1-27(2,3)29(4,5)23-15-22-28(24-16-9-6-10-17-24,25-18-11-7-12-19-25)26-20-13-8-14-21-26;/h6-14,16-21H,22H2,1-5H3;1H/q+1;/p-1. The van der Waals surface area contributed by atoms with Crippen molar-refractivity contribution in [3.8, 4) is 11.5 Å². The zero-order valence-corrected chi connectivity index (χ0v) is 22.2. The van der Waals surface area contributed by atoms with Crippen LogP contribution in [0, 0.1) is 11.5 Å². The van der Waals surface area contributed by atoms with E-state index in [-0.39, 0.29) is 22.0 Å². The van der Waals surface area contributed by atoms with Crippen LogP contribution < -0.4 is 32.9 Å². The minimum atomic E-state index is -1.84. The fraction of sp³-hybridized carbons (Fsp3) is 0.259. The Balaban J connectivity index is 0.00000320. The molecule has 0 unspecified atom stereocenters. The van der Waals surface area contributed by atoms with Gasteiger partial charge >= 0.3 is 0 Å². The van der Waals surface area contributed by atoms with E-state index in [0.717, 1.165) is 6.16 Å². The third-order valence-electron chi connectivity index (χ3n) is 6.18. The van der Waals surface area contributed by atoms with E-state index in [1.807, 2.05) is 0 Å². The Kier molecular flexibility index (Phi) is 8.29. The number of halogens is 1. The molecular weight excluding hydrogens is 463 g/mol. The fourth-order valence-electron chi connectivity index (χ4n) is 3.34. The van der Waals surface area contributed by atoms with E-state index in [1.165, 1.54) is 15.9 Å². The highest BCUT2D eigenvalue weighted by Gasteiger charge is 2.44. The number of benzene rings is 3. The first-order chi connectivity index (χ1) is 13.8. The van der Waals surface area contributed by atoms with Gasteiger partial charge in [0.15, 0.2) is 0 Å². The molecule has 0 aromatic heterocycles. The second-order valence-corrected chi connectivity index (χ2v) is 17.6. The van der Waals surface area contributed by atoms with Crippen LogP contribution in [0.2, 0.25) is 18.1 Å². The second kappa shape index (κ2) is 10.1. The van der Waals surface area contributed by atoms with E-state index in [0.29, 0.717) is 0 Å². The van der Waals surface area contributed by atoms with Crippen LogP contribution in [-0.2, 0) is 0 Å². The minimum Gasteiger partial charge on any atom is -1.00 e. The molecule has 0 spiro atoms. The molecule has 0 fully saturated rings. The lowest BCUT2D eigenvalue weighted by molar-refractivity contribution is -0.00000618. The van der Waals surface area contributed by atoms with Crippen molar-refractivity contribution < 1.29 is 17.0 Å². The van der Waals surface area contributed by atoms with Crippen molar-refractivity contribution in [2.24, 2.45) is 0 Å². The molecule has 0 heterocycles. The first-order valence-corrected chi connectivity index (χ1v) is 15.3. The van der Waals surface area contributed by atoms with Crippen LogP contribution in [0.5, 0.6) is 0 Å². The SMILES string of the molecule is CC(C)(C)[Si](C)(C)C#CC[P+](c1ccccc1)(c1ccccc1)c1ccccc1.[Br-]. The lowest BCUT2D eigenvalue weighted by atomic mass is 10.2. The summed E-state index contributed by atoms with van der Waals surface area (Å²) in [6, 6.07) is 33.1. The predicted octanol–water partition coefficient (Wildman–Crippen LogP) is 3.04. The van der Waals surface area contributed by atoms with Gasteiger partial charge in [-0.15, -0.1) is 5.54 Å². The van der Waals surface area contributed by atoms with Gasteiger partial charge in [-0.25, -0.2) is 0 Å². The molecule has 0 nitrogen and oxygen atoms in total. The summed E-state index contributed by atoms with van der Waals surface area (Å²) in [5, 5.41) is 4.48. The van der Waals surface area contributed by atoms with Crippen molar-refractivity contribution in [1.82, 2.24) is 0 Å². The van der Waals surface area contributed by atoms with Gasteiger partial charge in [-0.05, 0) is 41.4 Å². The minimum absolute atomic E-state index is 0. The molecule has 3 aromatic carbocycles. The number of hydrogen-bond donors (Lipinski definition) is 0. The molecule has 156 valence electrons. The molecule has 3 rings (SSSR count). The summed E-state index contributed by atoms with van der Waals surface area (Å²) in [6.45, 7) is 11.8. The largest absolute Gasteiger partial charge is 1.00 e. The highest BCUT2D eigenvalue weighted by atomic mass is 79.9. The van der Waals surface area contributed by atoms with E-state index < -0.39 is 15.3 Å². The lowest BCUT2D eigenvalue weighted by Gasteiger charge is -2.31. The van der Waals surface area contributed by atoms with Gasteiger partial charge in [0.25, 0.3) is 0 Å². The Morgan fingerprint density at radius 3 is 1.30 bits per heavy atom. The number of rotatable bonds is 4. The third-order valence-corrected chi connectivity index (χ3v) is 14.9. The molecule has 0 atom stereocenters. The maximum Gasteiger partial charge on any atom is 0.137 e. The Bertz CT molecular complexity index is 884. The van der Waals surface area contributed by atoms with Gasteiger partial charge < -0.3 is 17.0 Å². The normalized spacial score (nSPS) is 11.8. The highest BCUT2D eigenvalue weighted by Crippen LogP contribution is 2.54. The molecular formula is C27H32BrPSi. The summed E-state index contributed by atoms with van der Waals surface area (Å²) in [6.07, 6.45) is 0.886. The van der Waals surface area contributed by atoms with Gasteiger partial charge in [0.1, 0.15) is 37.4 Å². The molecule has 0 radical (unpaired) electrons.